The van der Waals surface area contributed by atoms with Gasteiger partial charge in [0.15, 0.2) is 11.5 Å². The van der Waals surface area contributed by atoms with Crippen molar-refractivity contribution in [3.05, 3.63) is 46.2 Å². The molecule has 124 valence electrons. The number of halogens is 1. The molecule has 1 aromatic heterocycles. The second kappa shape index (κ2) is 7.40. The Morgan fingerprint density at radius 2 is 1.50 bits per heavy atom. The van der Waals surface area contributed by atoms with E-state index in [1.54, 1.807) is 21.3 Å². The molecule has 0 bridgehead atoms. The van der Waals surface area contributed by atoms with Crippen LogP contribution in [0, 0.1) is 3.57 Å². The Balaban J connectivity index is 2.14. The molecule has 4 nitrogen and oxygen atoms in total. The van der Waals surface area contributed by atoms with Crippen LogP contribution in [0.3, 0.4) is 0 Å². The van der Waals surface area contributed by atoms with Crippen LogP contribution in [0.4, 0.5) is 0 Å². The van der Waals surface area contributed by atoms with Gasteiger partial charge in [0.2, 0.25) is 5.75 Å². The van der Waals surface area contributed by atoms with Crippen LogP contribution in [0.2, 0.25) is 0 Å². The zero-order chi connectivity index (χ0) is 17.1. The number of aromatic nitrogens is 1. The lowest BCUT2D eigenvalue weighted by Gasteiger charge is -2.14. The third kappa shape index (κ3) is 3.21. The largest absolute Gasteiger partial charge is 0.493 e. The highest BCUT2D eigenvalue weighted by Crippen LogP contribution is 2.44. The molecule has 0 saturated carbocycles. The van der Waals surface area contributed by atoms with Crippen LogP contribution in [-0.4, -0.2) is 25.7 Å². The Kier molecular flexibility index (Phi) is 5.25. The van der Waals surface area contributed by atoms with Gasteiger partial charge in [0.1, 0.15) is 0 Å². The molecule has 1 heterocycles. The van der Waals surface area contributed by atoms with E-state index in [4.69, 9.17) is 14.2 Å². The summed E-state index contributed by atoms with van der Waals surface area (Å²) in [5, 5.41) is 0. The molecule has 0 spiro atoms. The summed E-state index contributed by atoms with van der Waals surface area (Å²) < 4.78 is 21.9. The van der Waals surface area contributed by atoms with Crippen LogP contribution in [0.15, 0.2) is 42.6 Å². The highest BCUT2D eigenvalue weighted by molar-refractivity contribution is 14.1. The van der Waals surface area contributed by atoms with Crippen molar-refractivity contribution in [1.29, 1.82) is 0 Å². The fourth-order valence-corrected chi connectivity index (χ4v) is 3.61. The predicted octanol–water partition coefficient (Wildman–Crippen LogP) is 5.11. The van der Waals surface area contributed by atoms with Gasteiger partial charge in [-0.1, -0.05) is 12.1 Å². The fraction of sp³-hybridized carbons (Fsp3) is 0.167. The van der Waals surface area contributed by atoms with E-state index >= 15 is 0 Å². The maximum atomic E-state index is 5.46. The smallest absolute Gasteiger partial charge is 0.203 e. The summed E-state index contributed by atoms with van der Waals surface area (Å²) in [6.45, 7) is 0. The molecule has 0 unspecified atom stereocenters. The van der Waals surface area contributed by atoms with Crippen LogP contribution < -0.4 is 14.2 Å². The summed E-state index contributed by atoms with van der Waals surface area (Å²) >= 11 is 3.75. The van der Waals surface area contributed by atoms with Gasteiger partial charge < -0.3 is 14.2 Å². The fourth-order valence-electron chi connectivity index (χ4n) is 2.50. The van der Waals surface area contributed by atoms with Crippen molar-refractivity contribution in [2.24, 2.45) is 0 Å². The first-order valence-corrected chi connectivity index (χ1v) is 9.04. The molecular formula is C18H16INO3S. The minimum absolute atomic E-state index is 0.587. The van der Waals surface area contributed by atoms with Crippen LogP contribution in [0.25, 0.3) is 21.6 Å². The normalized spacial score (nSPS) is 10.5. The Morgan fingerprint density at radius 3 is 2.04 bits per heavy atom. The Bertz CT molecular complexity index is 821. The van der Waals surface area contributed by atoms with E-state index in [1.807, 2.05) is 18.3 Å². The molecule has 0 aliphatic carbocycles. The van der Waals surface area contributed by atoms with Crippen LogP contribution in [0.1, 0.15) is 0 Å². The van der Waals surface area contributed by atoms with Crippen molar-refractivity contribution in [2.45, 2.75) is 0 Å². The monoisotopic (exact) mass is 453 g/mol. The van der Waals surface area contributed by atoms with Gasteiger partial charge in [0, 0.05) is 20.9 Å². The minimum Gasteiger partial charge on any atom is -0.493 e. The molecule has 3 aromatic rings. The molecule has 0 saturated heterocycles. The lowest BCUT2D eigenvalue weighted by molar-refractivity contribution is 0.324. The first kappa shape index (κ1) is 17.0. The van der Waals surface area contributed by atoms with Gasteiger partial charge in [-0.25, -0.2) is 0 Å². The Hall–Kier alpha value is -1.80. The number of hydrogen-bond acceptors (Lipinski definition) is 5. The molecule has 6 heteroatoms. The second-order valence-corrected chi connectivity index (χ2v) is 7.04. The van der Waals surface area contributed by atoms with E-state index in [-0.39, 0.29) is 0 Å². The van der Waals surface area contributed by atoms with Gasteiger partial charge in [0.05, 0.1) is 26.2 Å². The lowest BCUT2D eigenvalue weighted by atomic mass is 10.0. The van der Waals surface area contributed by atoms with Gasteiger partial charge in [-0.2, -0.15) is 4.37 Å². The highest BCUT2D eigenvalue weighted by Gasteiger charge is 2.17. The van der Waals surface area contributed by atoms with Crippen molar-refractivity contribution in [3.8, 4) is 38.8 Å². The van der Waals surface area contributed by atoms with Crippen LogP contribution >= 0.6 is 34.1 Å². The van der Waals surface area contributed by atoms with Crippen molar-refractivity contribution >= 4 is 34.1 Å². The average molecular weight is 453 g/mol. The van der Waals surface area contributed by atoms with Gasteiger partial charge >= 0.3 is 0 Å². The zero-order valence-electron chi connectivity index (χ0n) is 13.5. The molecule has 24 heavy (non-hydrogen) atoms. The van der Waals surface area contributed by atoms with Crippen molar-refractivity contribution in [3.63, 3.8) is 0 Å². The minimum atomic E-state index is 0.587. The lowest BCUT2D eigenvalue weighted by Crippen LogP contribution is -1.95. The number of ether oxygens (including phenoxy) is 3. The van der Waals surface area contributed by atoms with E-state index in [9.17, 15) is 0 Å². The van der Waals surface area contributed by atoms with E-state index in [0.717, 1.165) is 21.6 Å². The molecular weight excluding hydrogens is 437 g/mol. The topological polar surface area (TPSA) is 40.6 Å². The van der Waals surface area contributed by atoms with Crippen molar-refractivity contribution in [1.82, 2.24) is 4.37 Å². The SMILES string of the molecule is COc1cc(-c2sncc2-c2ccc(I)cc2)cc(OC)c1OC. The summed E-state index contributed by atoms with van der Waals surface area (Å²) in [4.78, 5) is 1.07. The first-order valence-electron chi connectivity index (χ1n) is 7.19. The maximum absolute atomic E-state index is 5.46. The van der Waals surface area contributed by atoms with Crippen LogP contribution in [0.5, 0.6) is 17.2 Å². The van der Waals surface area contributed by atoms with Gasteiger partial charge in [-0.05, 0) is 64.0 Å². The predicted molar refractivity (Wildman–Crippen MR) is 105 cm³/mol. The number of methoxy groups -OCH3 is 3. The summed E-state index contributed by atoms with van der Waals surface area (Å²) in [5.41, 5.74) is 3.21. The van der Waals surface area contributed by atoms with E-state index in [1.165, 1.54) is 15.1 Å². The summed E-state index contributed by atoms with van der Waals surface area (Å²) in [5.74, 6) is 1.85. The molecule has 0 amide bonds. The third-order valence-electron chi connectivity index (χ3n) is 3.65. The molecule has 0 aliphatic heterocycles. The third-order valence-corrected chi connectivity index (χ3v) is 5.22. The standard InChI is InChI=1S/C18H16INO3S/c1-21-15-8-12(9-16(22-2)17(15)23-3)18-14(10-20-24-18)11-4-6-13(19)7-5-11/h4-10H,1-3H3. The maximum Gasteiger partial charge on any atom is 0.203 e. The highest BCUT2D eigenvalue weighted by atomic mass is 127. The molecule has 0 fully saturated rings. The number of rotatable bonds is 5. The summed E-state index contributed by atoms with van der Waals surface area (Å²) in [6, 6.07) is 12.3. The van der Waals surface area contributed by atoms with E-state index in [2.05, 4.69) is 51.2 Å². The molecule has 2 aromatic carbocycles. The average Bonchev–Trinajstić information content (AvgIpc) is 3.10. The molecule has 0 N–H and O–H groups in total. The summed E-state index contributed by atoms with van der Waals surface area (Å²) in [6.07, 6.45) is 1.89. The first-order chi connectivity index (χ1) is 11.7. The number of nitrogens with zero attached hydrogens (tertiary/aromatic N) is 1. The second-order valence-electron chi connectivity index (χ2n) is 4.99. The van der Waals surface area contributed by atoms with E-state index < -0.39 is 0 Å². The number of hydrogen-bond donors (Lipinski definition) is 0. The van der Waals surface area contributed by atoms with Crippen molar-refractivity contribution < 1.29 is 14.2 Å². The van der Waals surface area contributed by atoms with Crippen molar-refractivity contribution in [2.75, 3.05) is 21.3 Å². The number of benzene rings is 2. The Morgan fingerprint density at radius 1 is 0.875 bits per heavy atom. The van der Waals surface area contributed by atoms with Gasteiger partial charge in [-0.15, -0.1) is 0 Å². The molecule has 3 rings (SSSR count). The quantitative estimate of drug-likeness (QED) is 0.504. The Labute approximate surface area is 158 Å². The summed E-state index contributed by atoms with van der Waals surface area (Å²) in [7, 11) is 4.84. The van der Waals surface area contributed by atoms with E-state index in [0.29, 0.717) is 17.2 Å². The van der Waals surface area contributed by atoms with Gasteiger partial charge in [0.25, 0.3) is 0 Å². The van der Waals surface area contributed by atoms with Crippen LogP contribution in [-0.2, 0) is 0 Å². The van der Waals surface area contributed by atoms with Gasteiger partial charge in [-0.3, -0.25) is 0 Å². The zero-order valence-corrected chi connectivity index (χ0v) is 16.5. The molecule has 0 radical (unpaired) electrons. The molecule has 0 aliphatic rings. The molecule has 0 atom stereocenters.